The molecule has 2 nitrogen and oxygen atoms in total. The maximum absolute atomic E-state index is 12.9. The highest BCUT2D eigenvalue weighted by molar-refractivity contribution is 6.07. The van der Waals surface area contributed by atoms with Crippen LogP contribution in [0.25, 0.3) is 0 Å². The summed E-state index contributed by atoms with van der Waals surface area (Å²) in [6.45, 7) is 0. The van der Waals surface area contributed by atoms with E-state index < -0.39 is 41.9 Å². The van der Waals surface area contributed by atoms with E-state index in [9.17, 15) is 40.3 Å². The zero-order valence-corrected chi connectivity index (χ0v) is 8.66. The molecular formula is C9H7F7O2. The molecule has 0 heterocycles. The molecule has 0 aromatic heterocycles. The van der Waals surface area contributed by atoms with Gasteiger partial charge in [-0.2, -0.15) is 30.7 Å². The van der Waals surface area contributed by atoms with Crippen LogP contribution in [-0.2, 0) is 9.59 Å². The first-order valence-electron chi connectivity index (χ1n) is 4.82. The predicted octanol–water partition coefficient (Wildman–Crippen LogP) is 2.76. The highest BCUT2D eigenvalue weighted by Crippen LogP contribution is 2.48. The van der Waals surface area contributed by atoms with Gasteiger partial charge in [0.15, 0.2) is 0 Å². The molecule has 0 bridgehead atoms. The van der Waals surface area contributed by atoms with Gasteiger partial charge in [-0.3, -0.25) is 9.59 Å². The first-order chi connectivity index (χ1) is 7.93. The molecule has 1 atom stereocenters. The maximum atomic E-state index is 12.9. The van der Waals surface area contributed by atoms with Crippen molar-refractivity contribution in [2.75, 3.05) is 0 Å². The molecule has 1 fully saturated rings. The highest BCUT2D eigenvalue weighted by Gasteiger charge is 2.76. The van der Waals surface area contributed by atoms with Crippen molar-refractivity contribution in [3.63, 3.8) is 0 Å². The van der Waals surface area contributed by atoms with Crippen LogP contribution in [0.15, 0.2) is 0 Å². The molecule has 1 aliphatic rings. The summed E-state index contributed by atoms with van der Waals surface area (Å²) in [6.07, 6.45) is -7.25. The fourth-order valence-corrected chi connectivity index (χ4v) is 1.64. The Morgan fingerprint density at radius 3 is 1.89 bits per heavy atom. The van der Waals surface area contributed by atoms with Crippen molar-refractivity contribution in [2.45, 2.75) is 37.3 Å². The Morgan fingerprint density at radius 2 is 1.56 bits per heavy atom. The molecule has 0 N–H and O–H groups in total. The molecule has 0 saturated heterocycles. The van der Waals surface area contributed by atoms with E-state index in [1.807, 2.05) is 0 Å². The molecule has 104 valence electrons. The van der Waals surface area contributed by atoms with Gasteiger partial charge in [-0.15, -0.1) is 0 Å². The van der Waals surface area contributed by atoms with Gasteiger partial charge >= 0.3 is 18.0 Å². The Labute approximate surface area is 96.1 Å². The van der Waals surface area contributed by atoms with E-state index in [2.05, 4.69) is 0 Å². The molecular weight excluding hydrogens is 273 g/mol. The van der Waals surface area contributed by atoms with Crippen LogP contribution in [0.1, 0.15) is 19.3 Å². The Balaban J connectivity index is 3.06. The summed E-state index contributed by atoms with van der Waals surface area (Å²) in [6, 6.07) is 0. The van der Waals surface area contributed by atoms with E-state index in [4.69, 9.17) is 0 Å². The predicted molar refractivity (Wildman–Crippen MR) is 43.3 cm³/mol. The van der Waals surface area contributed by atoms with Crippen molar-refractivity contribution in [2.24, 2.45) is 5.92 Å². The third-order valence-corrected chi connectivity index (χ3v) is 2.68. The van der Waals surface area contributed by atoms with Crippen LogP contribution in [0.4, 0.5) is 30.7 Å². The van der Waals surface area contributed by atoms with Gasteiger partial charge < -0.3 is 0 Å². The smallest absolute Gasteiger partial charge is 0.299 e. The van der Waals surface area contributed by atoms with Crippen molar-refractivity contribution in [1.82, 2.24) is 0 Å². The summed E-state index contributed by atoms with van der Waals surface area (Å²) in [5.74, 6) is -18.2. The van der Waals surface area contributed by atoms with Crippen molar-refractivity contribution >= 4 is 11.6 Å². The largest absolute Gasteiger partial charge is 0.460 e. The van der Waals surface area contributed by atoms with Crippen molar-refractivity contribution in [1.29, 1.82) is 0 Å². The third-order valence-electron chi connectivity index (χ3n) is 2.68. The average molecular weight is 280 g/mol. The average Bonchev–Trinajstić information content (AvgIpc) is 2.61. The SMILES string of the molecule is O=C1CCC[C@H]1C(=O)C(F)(F)C(F)(F)C(F)(F)F. The molecule has 0 aromatic carbocycles. The van der Waals surface area contributed by atoms with Gasteiger partial charge in [0, 0.05) is 6.42 Å². The van der Waals surface area contributed by atoms with Crippen molar-refractivity contribution < 1.29 is 40.3 Å². The summed E-state index contributed by atoms with van der Waals surface area (Å²) >= 11 is 0. The number of ketones is 2. The number of carbonyl (C=O) groups excluding carboxylic acids is 2. The van der Waals surface area contributed by atoms with E-state index in [0.717, 1.165) is 0 Å². The van der Waals surface area contributed by atoms with Crippen molar-refractivity contribution in [3.8, 4) is 0 Å². The molecule has 1 rings (SSSR count). The number of alkyl halides is 7. The van der Waals surface area contributed by atoms with E-state index >= 15 is 0 Å². The second-order valence-electron chi connectivity index (χ2n) is 3.92. The highest BCUT2D eigenvalue weighted by atomic mass is 19.4. The molecule has 0 amide bonds. The van der Waals surface area contributed by atoms with Gasteiger partial charge in [0.25, 0.3) is 0 Å². The van der Waals surface area contributed by atoms with Gasteiger partial charge in [0.1, 0.15) is 5.78 Å². The zero-order valence-electron chi connectivity index (χ0n) is 8.66. The van der Waals surface area contributed by atoms with Crippen LogP contribution in [0.3, 0.4) is 0 Å². The Hall–Kier alpha value is -1.15. The molecule has 1 aliphatic carbocycles. The number of rotatable bonds is 3. The first kappa shape index (κ1) is 14.9. The Kier molecular flexibility index (Phi) is 3.48. The molecule has 0 aliphatic heterocycles. The minimum Gasteiger partial charge on any atom is -0.299 e. The molecule has 0 aromatic rings. The van der Waals surface area contributed by atoms with E-state index in [1.54, 1.807) is 0 Å². The van der Waals surface area contributed by atoms with Gasteiger partial charge in [0.2, 0.25) is 5.78 Å². The summed E-state index contributed by atoms with van der Waals surface area (Å²) in [5.41, 5.74) is 0. The van der Waals surface area contributed by atoms with Crippen LogP contribution >= 0.6 is 0 Å². The van der Waals surface area contributed by atoms with Crippen LogP contribution < -0.4 is 0 Å². The third kappa shape index (κ3) is 2.10. The summed E-state index contributed by atoms with van der Waals surface area (Å²) in [5, 5.41) is 0. The number of halogens is 7. The molecule has 9 heteroatoms. The number of carbonyl (C=O) groups is 2. The summed E-state index contributed by atoms with van der Waals surface area (Å²) < 4.78 is 86.4. The lowest BCUT2D eigenvalue weighted by Gasteiger charge is -2.28. The minimum atomic E-state index is -6.56. The number of Topliss-reactive ketones (excluding diaryl/α,β-unsaturated/α-hetero) is 2. The Bertz CT molecular complexity index is 372. The lowest BCUT2D eigenvalue weighted by molar-refractivity contribution is -0.344. The van der Waals surface area contributed by atoms with Gasteiger partial charge in [-0.05, 0) is 12.8 Å². The summed E-state index contributed by atoms with van der Waals surface area (Å²) in [4.78, 5) is 22.0. The number of hydrogen-bond donors (Lipinski definition) is 0. The van der Waals surface area contributed by atoms with Gasteiger partial charge in [-0.1, -0.05) is 0 Å². The minimum absolute atomic E-state index is 0.0168. The maximum Gasteiger partial charge on any atom is 0.460 e. The fourth-order valence-electron chi connectivity index (χ4n) is 1.64. The lowest BCUT2D eigenvalue weighted by atomic mass is 9.93. The Morgan fingerprint density at radius 1 is 1.06 bits per heavy atom. The topological polar surface area (TPSA) is 34.1 Å². The molecule has 1 saturated carbocycles. The van der Waals surface area contributed by atoms with E-state index in [1.165, 1.54) is 0 Å². The van der Waals surface area contributed by atoms with Crippen LogP contribution in [0.5, 0.6) is 0 Å². The van der Waals surface area contributed by atoms with Gasteiger partial charge in [0.05, 0.1) is 5.92 Å². The van der Waals surface area contributed by atoms with Crippen LogP contribution in [-0.4, -0.2) is 29.6 Å². The van der Waals surface area contributed by atoms with Gasteiger partial charge in [-0.25, -0.2) is 0 Å². The second kappa shape index (κ2) is 4.20. The molecule has 0 unspecified atom stereocenters. The second-order valence-corrected chi connectivity index (χ2v) is 3.92. The first-order valence-corrected chi connectivity index (χ1v) is 4.82. The van der Waals surface area contributed by atoms with E-state index in [-0.39, 0.29) is 12.8 Å². The monoisotopic (exact) mass is 280 g/mol. The zero-order chi connectivity index (χ0) is 14.4. The van der Waals surface area contributed by atoms with Crippen molar-refractivity contribution in [3.05, 3.63) is 0 Å². The quantitative estimate of drug-likeness (QED) is 0.588. The lowest BCUT2D eigenvalue weighted by Crippen LogP contribution is -2.58. The normalized spacial score (nSPS) is 22.4. The summed E-state index contributed by atoms with van der Waals surface area (Å²) in [7, 11) is 0. The fraction of sp³-hybridized carbons (Fsp3) is 0.778. The molecule has 18 heavy (non-hydrogen) atoms. The standard InChI is InChI=1S/C9H7F7O2/c10-7(11,8(12,13)9(14,15)16)6(18)4-2-1-3-5(4)17/h4H,1-3H2/t4-/m1/s1. The van der Waals surface area contributed by atoms with Crippen LogP contribution in [0, 0.1) is 5.92 Å². The van der Waals surface area contributed by atoms with E-state index in [0.29, 0.717) is 0 Å². The van der Waals surface area contributed by atoms with Crippen LogP contribution in [0.2, 0.25) is 0 Å². The molecule has 0 spiro atoms. The molecule has 0 radical (unpaired) electrons. The number of hydrogen-bond acceptors (Lipinski definition) is 2.